The maximum absolute atomic E-state index is 12.2. The Morgan fingerprint density at radius 1 is 1.04 bits per heavy atom. The van der Waals surface area contributed by atoms with Gasteiger partial charge in [0, 0.05) is 18.2 Å². The van der Waals surface area contributed by atoms with Crippen molar-refractivity contribution in [3.63, 3.8) is 0 Å². The minimum Gasteiger partial charge on any atom is -0.465 e. The van der Waals surface area contributed by atoms with Crippen LogP contribution < -0.4 is 10.0 Å². The van der Waals surface area contributed by atoms with Gasteiger partial charge in [-0.15, -0.1) is 0 Å². The lowest BCUT2D eigenvalue weighted by Gasteiger charge is -2.05. The molecule has 0 aromatic heterocycles. The van der Waals surface area contributed by atoms with Gasteiger partial charge < -0.3 is 10.1 Å². The number of benzene rings is 2. The van der Waals surface area contributed by atoms with Crippen LogP contribution in [0.15, 0.2) is 53.4 Å². The highest BCUT2D eigenvalue weighted by atomic mass is 32.2. The van der Waals surface area contributed by atoms with E-state index in [2.05, 4.69) is 26.6 Å². The first-order chi connectivity index (χ1) is 12.8. The predicted octanol–water partition coefficient (Wildman–Crippen LogP) is 1.76. The summed E-state index contributed by atoms with van der Waals surface area (Å²) >= 11 is 0. The molecule has 27 heavy (non-hydrogen) atoms. The third-order valence-electron chi connectivity index (χ3n) is 3.37. The van der Waals surface area contributed by atoms with Crippen molar-refractivity contribution in [2.75, 3.05) is 19.0 Å². The van der Waals surface area contributed by atoms with Gasteiger partial charge in [-0.1, -0.05) is 11.8 Å². The Labute approximate surface area is 157 Å². The number of carbonyl (C=O) groups excluding carboxylic acids is 2. The van der Waals surface area contributed by atoms with Gasteiger partial charge in [0.05, 0.1) is 24.1 Å². The third-order valence-corrected chi connectivity index (χ3v) is 4.79. The van der Waals surface area contributed by atoms with Gasteiger partial charge in [0.15, 0.2) is 0 Å². The van der Waals surface area contributed by atoms with Gasteiger partial charge in [0.2, 0.25) is 15.9 Å². The fraction of sp³-hybridized carbons (Fsp3) is 0.158. The molecule has 0 saturated heterocycles. The lowest BCUT2D eigenvalue weighted by molar-refractivity contribution is -0.114. The van der Waals surface area contributed by atoms with E-state index in [0.29, 0.717) is 11.3 Å². The average Bonchev–Trinajstić information content (AvgIpc) is 2.65. The number of ether oxygens (including phenoxy) is 1. The lowest BCUT2D eigenvalue weighted by Crippen LogP contribution is -2.24. The molecular formula is C19H18N2O5S. The Kier molecular flexibility index (Phi) is 6.71. The summed E-state index contributed by atoms with van der Waals surface area (Å²) < 4.78 is 31.4. The molecule has 8 heteroatoms. The molecule has 0 fully saturated rings. The molecule has 2 aromatic rings. The van der Waals surface area contributed by atoms with Crippen molar-refractivity contribution in [2.24, 2.45) is 0 Å². The summed E-state index contributed by atoms with van der Waals surface area (Å²) in [5.74, 6) is 4.85. The number of esters is 1. The van der Waals surface area contributed by atoms with E-state index in [4.69, 9.17) is 0 Å². The van der Waals surface area contributed by atoms with Crippen LogP contribution in [0.3, 0.4) is 0 Å². The van der Waals surface area contributed by atoms with Gasteiger partial charge in [-0.25, -0.2) is 13.2 Å². The Balaban J connectivity index is 1.97. The molecule has 0 saturated carbocycles. The molecule has 0 unspecified atom stereocenters. The molecule has 0 aliphatic carbocycles. The highest BCUT2D eigenvalue weighted by Gasteiger charge is 2.14. The minimum atomic E-state index is -3.74. The largest absolute Gasteiger partial charge is 0.465 e. The van der Waals surface area contributed by atoms with Crippen LogP contribution >= 0.6 is 0 Å². The number of methoxy groups -OCH3 is 1. The average molecular weight is 386 g/mol. The van der Waals surface area contributed by atoms with Crippen LogP contribution in [-0.4, -0.2) is 33.9 Å². The Morgan fingerprint density at radius 3 is 2.22 bits per heavy atom. The first-order valence-corrected chi connectivity index (χ1v) is 9.35. The van der Waals surface area contributed by atoms with Crippen LogP contribution in [0, 0.1) is 11.8 Å². The molecule has 0 radical (unpaired) electrons. The van der Waals surface area contributed by atoms with E-state index in [1.807, 2.05) is 0 Å². The monoisotopic (exact) mass is 386 g/mol. The number of sulfonamides is 1. The summed E-state index contributed by atoms with van der Waals surface area (Å²) in [5, 5.41) is 2.64. The Hall–Kier alpha value is -3.15. The molecule has 7 nitrogen and oxygen atoms in total. The lowest BCUT2D eigenvalue weighted by atomic mass is 10.2. The van der Waals surface area contributed by atoms with Gasteiger partial charge in [0.25, 0.3) is 0 Å². The van der Waals surface area contributed by atoms with Crippen LogP contribution in [0.25, 0.3) is 0 Å². The standard InChI is InChI=1S/C19H18N2O5S/c1-14(22)21-17-9-5-15(6-10-17)4-3-13-20-27(24,25)18-11-7-16(8-12-18)19(23)26-2/h5-12,20H,13H2,1-2H3,(H,21,22). The summed E-state index contributed by atoms with van der Waals surface area (Å²) in [4.78, 5) is 22.4. The van der Waals surface area contributed by atoms with Crippen LogP contribution in [0.2, 0.25) is 0 Å². The van der Waals surface area contributed by atoms with E-state index in [1.165, 1.54) is 38.3 Å². The number of carbonyl (C=O) groups is 2. The van der Waals surface area contributed by atoms with E-state index in [1.54, 1.807) is 24.3 Å². The van der Waals surface area contributed by atoms with Gasteiger partial charge in [0.1, 0.15) is 0 Å². The van der Waals surface area contributed by atoms with Crippen molar-refractivity contribution in [3.05, 3.63) is 59.7 Å². The van der Waals surface area contributed by atoms with Crippen LogP contribution in [0.5, 0.6) is 0 Å². The highest BCUT2D eigenvalue weighted by Crippen LogP contribution is 2.11. The molecule has 140 valence electrons. The first-order valence-electron chi connectivity index (χ1n) is 7.86. The second kappa shape index (κ2) is 8.98. The summed E-state index contributed by atoms with van der Waals surface area (Å²) in [6.07, 6.45) is 0. The summed E-state index contributed by atoms with van der Waals surface area (Å²) in [5.41, 5.74) is 1.61. The summed E-state index contributed by atoms with van der Waals surface area (Å²) in [7, 11) is -2.49. The Morgan fingerprint density at radius 2 is 1.67 bits per heavy atom. The van der Waals surface area contributed by atoms with Crippen molar-refractivity contribution >= 4 is 27.6 Å². The van der Waals surface area contributed by atoms with Crippen LogP contribution in [0.4, 0.5) is 5.69 Å². The van der Waals surface area contributed by atoms with Crippen molar-refractivity contribution in [1.29, 1.82) is 0 Å². The molecular weight excluding hydrogens is 368 g/mol. The zero-order valence-corrected chi connectivity index (χ0v) is 15.6. The van der Waals surface area contributed by atoms with E-state index < -0.39 is 16.0 Å². The molecule has 2 aromatic carbocycles. The normalized spacial score (nSPS) is 10.4. The smallest absolute Gasteiger partial charge is 0.337 e. The zero-order valence-electron chi connectivity index (χ0n) is 14.8. The number of rotatable bonds is 5. The second-order valence-electron chi connectivity index (χ2n) is 5.40. The number of nitrogens with one attached hydrogen (secondary N) is 2. The van der Waals surface area contributed by atoms with Crippen molar-refractivity contribution in [2.45, 2.75) is 11.8 Å². The number of hydrogen-bond acceptors (Lipinski definition) is 5. The summed E-state index contributed by atoms with van der Waals surface area (Å²) in [6.45, 7) is 1.34. The molecule has 0 atom stereocenters. The van der Waals surface area contributed by atoms with Crippen molar-refractivity contribution in [3.8, 4) is 11.8 Å². The quantitative estimate of drug-likeness (QED) is 0.602. The maximum Gasteiger partial charge on any atom is 0.337 e. The van der Waals surface area contributed by atoms with Gasteiger partial charge in [-0.2, -0.15) is 4.72 Å². The number of hydrogen-bond donors (Lipinski definition) is 2. The van der Waals surface area contributed by atoms with Crippen LogP contribution in [-0.2, 0) is 19.6 Å². The third kappa shape index (κ3) is 5.95. The highest BCUT2D eigenvalue weighted by molar-refractivity contribution is 7.89. The zero-order chi connectivity index (χ0) is 19.9. The SMILES string of the molecule is COC(=O)c1ccc(S(=O)(=O)NCC#Cc2ccc(NC(C)=O)cc2)cc1. The second-order valence-corrected chi connectivity index (χ2v) is 7.17. The van der Waals surface area contributed by atoms with E-state index >= 15 is 0 Å². The van der Waals surface area contributed by atoms with Crippen LogP contribution in [0.1, 0.15) is 22.8 Å². The molecule has 0 bridgehead atoms. The summed E-state index contributed by atoms with van der Waals surface area (Å²) in [6, 6.07) is 12.3. The molecule has 0 spiro atoms. The Bertz CT molecular complexity index is 985. The molecule has 2 N–H and O–H groups in total. The number of amides is 1. The van der Waals surface area contributed by atoms with E-state index in [0.717, 1.165) is 0 Å². The maximum atomic E-state index is 12.2. The van der Waals surface area contributed by atoms with Gasteiger partial charge >= 0.3 is 5.97 Å². The number of anilines is 1. The predicted molar refractivity (Wildman–Crippen MR) is 101 cm³/mol. The van der Waals surface area contributed by atoms with Gasteiger partial charge in [-0.3, -0.25) is 4.79 Å². The van der Waals surface area contributed by atoms with Crippen molar-refractivity contribution < 1.29 is 22.7 Å². The molecule has 0 aliphatic heterocycles. The minimum absolute atomic E-state index is 0.0246. The fourth-order valence-corrected chi connectivity index (χ4v) is 3.01. The van der Waals surface area contributed by atoms with E-state index in [9.17, 15) is 18.0 Å². The molecule has 1 amide bonds. The molecule has 0 aliphatic rings. The molecule has 2 rings (SSSR count). The topological polar surface area (TPSA) is 102 Å². The molecule has 0 heterocycles. The van der Waals surface area contributed by atoms with E-state index in [-0.39, 0.29) is 22.9 Å². The first kappa shape index (κ1) is 20.2. The van der Waals surface area contributed by atoms with Gasteiger partial charge in [-0.05, 0) is 48.5 Å². The van der Waals surface area contributed by atoms with Crippen molar-refractivity contribution in [1.82, 2.24) is 4.72 Å². The fourth-order valence-electron chi connectivity index (χ4n) is 2.09.